The lowest BCUT2D eigenvalue weighted by molar-refractivity contribution is 1.06. The third-order valence-corrected chi connectivity index (χ3v) is 4.33. The van der Waals surface area contributed by atoms with Crippen molar-refractivity contribution in [1.82, 2.24) is 4.98 Å². The van der Waals surface area contributed by atoms with Crippen LogP contribution in [0, 0.1) is 18.3 Å². The smallest absolute Gasteiger partial charge is 0.154 e. The predicted octanol–water partition coefficient (Wildman–Crippen LogP) is 2.93. The van der Waals surface area contributed by atoms with E-state index in [0.717, 1.165) is 20.5 Å². The maximum atomic E-state index is 9.10. The van der Waals surface area contributed by atoms with E-state index in [4.69, 9.17) is 11.0 Å². The van der Waals surface area contributed by atoms with E-state index in [0.29, 0.717) is 12.1 Å². The third kappa shape index (κ3) is 2.86. The number of aromatic nitrogens is 1. The maximum Gasteiger partial charge on any atom is 0.154 e. The molecular weight excluding hydrogens is 250 g/mol. The fraction of sp³-hybridized carbons (Fsp3) is 0.167. The number of benzene rings is 1. The summed E-state index contributed by atoms with van der Waals surface area (Å²) < 4.78 is 0.958. The van der Waals surface area contributed by atoms with Crippen molar-refractivity contribution in [3.8, 4) is 6.07 Å². The van der Waals surface area contributed by atoms with Crippen molar-refractivity contribution in [2.75, 3.05) is 0 Å². The summed E-state index contributed by atoms with van der Waals surface area (Å²) in [7, 11) is 0. The zero-order valence-electron chi connectivity index (χ0n) is 9.30. The lowest BCUT2D eigenvalue weighted by Crippen LogP contribution is -1.96. The molecule has 5 heteroatoms. The SMILES string of the molecule is Cc1csc(Sc2ccc(CN)cc2C#N)n1. The number of aryl methyl sites for hydroxylation is 1. The normalized spacial score (nSPS) is 10.2. The monoisotopic (exact) mass is 261 g/mol. The molecule has 2 rings (SSSR count). The number of hydrogen-bond donors (Lipinski definition) is 1. The number of hydrogen-bond acceptors (Lipinski definition) is 5. The molecule has 0 aliphatic rings. The summed E-state index contributed by atoms with van der Waals surface area (Å²) in [6, 6.07) is 7.91. The summed E-state index contributed by atoms with van der Waals surface area (Å²) in [5.74, 6) is 0. The Kier molecular flexibility index (Phi) is 3.79. The highest BCUT2D eigenvalue weighted by Gasteiger charge is 2.07. The van der Waals surface area contributed by atoms with Gasteiger partial charge >= 0.3 is 0 Å². The Balaban J connectivity index is 2.30. The molecule has 86 valence electrons. The number of thiazole rings is 1. The van der Waals surface area contributed by atoms with Crippen LogP contribution in [0.3, 0.4) is 0 Å². The Morgan fingerprint density at radius 1 is 1.53 bits per heavy atom. The molecule has 0 radical (unpaired) electrons. The summed E-state index contributed by atoms with van der Waals surface area (Å²) in [4.78, 5) is 5.30. The Hall–Kier alpha value is -1.35. The van der Waals surface area contributed by atoms with Crippen LogP contribution >= 0.6 is 23.1 Å². The average Bonchev–Trinajstić information content (AvgIpc) is 2.75. The molecule has 0 amide bonds. The van der Waals surface area contributed by atoms with Gasteiger partial charge in [0.25, 0.3) is 0 Å². The van der Waals surface area contributed by atoms with Crippen molar-refractivity contribution in [3.63, 3.8) is 0 Å². The number of nitrogens with zero attached hydrogens (tertiary/aromatic N) is 2. The van der Waals surface area contributed by atoms with E-state index in [1.54, 1.807) is 11.3 Å². The summed E-state index contributed by atoms with van der Waals surface area (Å²) in [6.07, 6.45) is 0. The Morgan fingerprint density at radius 3 is 2.94 bits per heavy atom. The molecule has 1 heterocycles. The van der Waals surface area contributed by atoms with Gasteiger partial charge < -0.3 is 5.73 Å². The second kappa shape index (κ2) is 5.32. The Labute approximate surface area is 108 Å². The molecule has 0 spiro atoms. The van der Waals surface area contributed by atoms with Crippen LogP contribution in [0.2, 0.25) is 0 Å². The van der Waals surface area contributed by atoms with Crippen LogP contribution in [0.25, 0.3) is 0 Å². The second-order valence-electron chi connectivity index (χ2n) is 3.50. The van der Waals surface area contributed by atoms with E-state index in [2.05, 4.69) is 11.1 Å². The summed E-state index contributed by atoms with van der Waals surface area (Å²) >= 11 is 3.11. The Morgan fingerprint density at radius 2 is 2.35 bits per heavy atom. The minimum Gasteiger partial charge on any atom is -0.326 e. The highest BCUT2D eigenvalue weighted by molar-refractivity contribution is 8.01. The molecule has 0 unspecified atom stereocenters. The molecule has 0 aliphatic heterocycles. The predicted molar refractivity (Wildman–Crippen MR) is 70.0 cm³/mol. The van der Waals surface area contributed by atoms with Gasteiger partial charge in [-0.25, -0.2) is 4.98 Å². The van der Waals surface area contributed by atoms with E-state index in [9.17, 15) is 0 Å². The highest BCUT2D eigenvalue weighted by Crippen LogP contribution is 2.32. The van der Waals surface area contributed by atoms with Gasteiger partial charge in [0, 0.05) is 22.5 Å². The lowest BCUT2D eigenvalue weighted by atomic mass is 10.1. The van der Waals surface area contributed by atoms with Gasteiger partial charge in [-0.05, 0) is 24.6 Å². The number of rotatable bonds is 3. The molecule has 2 N–H and O–H groups in total. The standard InChI is InChI=1S/C12H11N3S2/c1-8-7-16-12(15-8)17-11-3-2-9(5-13)4-10(11)6-14/h2-4,7H,5,13H2,1H3. The van der Waals surface area contributed by atoms with Crippen molar-refractivity contribution < 1.29 is 0 Å². The molecule has 3 nitrogen and oxygen atoms in total. The summed E-state index contributed by atoms with van der Waals surface area (Å²) in [5, 5.41) is 11.1. The zero-order valence-corrected chi connectivity index (χ0v) is 10.9. The van der Waals surface area contributed by atoms with Crippen molar-refractivity contribution in [2.45, 2.75) is 22.7 Å². The fourth-order valence-corrected chi connectivity index (χ4v) is 3.21. The highest BCUT2D eigenvalue weighted by atomic mass is 32.2. The maximum absolute atomic E-state index is 9.10. The molecule has 0 atom stereocenters. The van der Waals surface area contributed by atoms with Crippen LogP contribution in [0.5, 0.6) is 0 Å². The topological polar surface area (TPSA) is 62.7 Å². The molecule has 2 aromatic rings. The van der Waals surface area contributed by atoms with Gasteiger partial charge in [0.05, 0.1) is 5.56 Å². The van der Waals surface area contributed by atoms with E-state index in [1.165, 1.54) is 11.8 Å². The van der Waals surface area contributed by atoms with Gasteiger partial charge in [-0.1, -0.05) is 17.8 Å². The number of nitriles is 1. The molecule has 1 aromatic carbocycles. The van der Waals surface area contributed by atoms with Crippen LogP contribution < -0.4 is 5.73 Å². The zero-order chi connectivity index (χ0) is 12.3. The minimum absolute atomic E-state index is 0.454. The van der Waals surface area contributed by atoms with E-state index >= 15 is 0 Å². The van der Waals surface area contributed by atoms with Crippen molar-refractivity contribution in [3.05, 3.63) is 40.4 Å². The van der Waals surface area contributed by atoms with Crippen LogP contribution in [0.1, 0.15) is 16.8 Å². The van der Waals surface area contributed by atoms with Gasteiger partial charge in [0.2, 0.25) is 0 Å². The van der Waals surface area contributed by atoms with E-state index in [-0.39, 0.29) is 0 Å². The largest absolute Gasteiger partial charge is 0.326 e. The third-order valence-electron chi connectivity index (χ3n) is 2.20. The number of nitrogens with two attached hydrogens (primary N) is 1. The molecule has 0 saturated carbocycles. The average molecular weight is 261 g/mol. The molecule has 0 aliphatic carbocycles. The summed E-state index contributed by atoms with van der Waals surface area (Å²) in [5.41, 5.74) is 8.19. The molecule has 0 fully saturated rings. The molecule has 1 aromatic heterocycles. The van der Waals surface area contributed by atoms with Crippen LogP contribution in [-0.4, -0.2) is 4.98 Å². The molecular formula is C12H11N3S2. The van der Waals surface area contributed by atoms with Crippen LogP contribution in [0.4, 0.5) is 0 Å². The van der Waals surface area contributed by atoms with E-state index < -0.39 is 0 Å². The quantitative estimate of drug-likeness (QED) is 0.922. The van der Waals surface area contributed by atoms with E-state index in [1.807, 2.05) is 30.5 Å². The van der Waals surface area contributed by atoms with Crippen molar-refractivity contribution in [1.29, 1.82) is 5.26 Å². The Bertz CT molecular complexity index is 569. The molecule has 17 heavy (non-hydrogen) atoms. The van der Waals surface area contributed by atoms with Gasteiger partial charge in [0.15, 0.2) is 4.34 Å². The molecule has 0 saturated heterocycles. The first-order chi connectivity index (χ1) is 8.22. The minimum atomic E-state index is 0.454. The first-order valence-corrected chi connectivity index (χ1v) is 6.75. The second-order valence-corrected chi connectivity index (χ2v) is 5.65. The van der Waals surface area contributed by atoms with Gasteiger partial charge in [0.1, 0.15) is 6.07 Å². The van der Waals surface area contributed by atoms with Crippen LogP contribution in [-0.2, 0) is 6.54 Å². The van der Waals surface area contributed by atoms with Gasteiger partial charge in [-0.15, -0.1) is 11.3 Å². The van der Waals surface area contributed by atoms with Crippen molar-refractivity contribution >= 4 is 23.1 Å². The van der Waals surface area contributed by atoms with Gasteiger partial charge in [-0.2, -0.15) is 5.26 Å². The van der Waals surface area contributed by atoms with Gasteiger partial charge in [-0.3, -0.25) is 0 Å². The first-order valence-electron chi connectivity index (χ1n) is 5.06. The van der Waals surface area contributed by atoms with Crippen LogP contribution in [0.15, 0.2) is 32.8 Å². The fourth-order valence-electron chi connectivity index (χ4n) is 1.35. The molecule has 0 bridgehead atoms. The first kappa shape index (κ1) is 12.1. The van der Waals surface area contributed by atoms with Crippen molar-refractivity contribution in [2.24, 2.45) is 5.73 Å². The lowest BCUT2D eigenvalue weighted by Gasteiger charge is -2.03. The summed E-state index contributed by atoms with van der Waals surface area (Å²) in [6.45, 7) is 2.42.